The molecule has 0 spiro atoms. The molecule has 118 valence electrons. The van der Waals surface area contributed by atoms with Crippen molar-refractivity contribution in [2.75, 3.05) is 11.9 Å². The van der Waals surface area contributed by atoms with E-state index in [1.165, 1.54) is 0 Å². The van der Waals surface area contributed by atoms with Gasteiger partial charge >= 0.3 is 0 Å². The molecule has 0 aliphatic heterocycles. The van der Waals surface area contributed by atoms with Crippen molar-refractivity contribution in [3.8, 4) is 0 Å². The zero-order valence-electron chi connectivity index (χ0n) is 13.3. The lowest BCUT2D eigenvalue weighted by molar-refractivity contribution is 0.780. The van der Waals surface area contributed by atoms with Crippen molar-refractivity contribution in [1.29, 1.82) is 0 Å². The van der Waals surface area contributed by atoms with Gasteiger partial charge in [0.25, 0.3) is 5.56 Å². The van der Waals surface area contributed by atoms with E-state index in [9.17, 15) is 4.79 Å². The van der Waals surface area contributed by atoms with Crippen LogP contribution in [0.15, 0.2) is 59.4 Å². The third-order valence-corrected chi connectivity index (χ3v) is 3.86. The zero-order valence-corrected chi connectivity index (χ0v) is 13.3. The summed E-state index contributed by atoms with van der Waals surface area (Å²) >= 11 is 0. The smallest absolute Gasteiger partial charge is 0.294 e. The second-order valence-electron chi connectivity index (χ2n) is 5.61. The van der Waals surface area contributed by atoms with Gasteiger partial charge in [-0.25, -0.2) is 4.98 Å². The monoisotopic (exact) mass is 307 g/mol. The Kier molecular flexibility index (Phi) is 4.71. The van der Waals surface area contributed by atoms with Crippen LogP contribution in [0.25, 0.3) is 11.0 Å². The molecule has 23 heavy (non-hydrogen) atoms. The summed E-state index contributed by atoms with van der Waals surface area (Å²) in [5, 5.41) is 3.19. The van der Waals surface area contributed by atoms with Gasteiger partial charge in [0.2, 0.25) is 0 Å². The van der Waals surface area contributed by atoms with Crippen LogP contribution in [0.2, 0.25) is 0 Å². The largest absolute Gasteiger partial charge is 0.365 e. The molecule has 0 aliphatic carbocycles. The van der Waals surface area contributed by atoms with Crippen LogP contribution >= 0.6 is 0 Å². The van der Waals surface area contributed by atoms with Crippen LogP contribution in [0.3, 0.4) is 0 Å². The zero-order chi connectivity index (χ0) is 16.1. The summed E-state index contributed by atoms with van der Waals surface area (Å²) in [5.74, 6) is 0.438. The van der Waals surface area contributed by atoms with Gasteiger partial charge in [-0.15, -0.1) is 0 Å². The Morgan fingerprint density at radius 2 is 1.78 bits per heavy atom. The van der Waals surface area contributed by atoms with E-state index >= 15 is 0 Å². The van der Waals surface area contributed by atoms with E-state index < -0.39 is 0 Å². The Balaban J connectivity index is 2.06. The van der Waals surface area contributed by atoms with Crippen LogP contribution in [-0.4, -0.2) is 16.1 Å². The predicted octanol–water partition coefficient (Wildman–Crippen LogP) is 3.66. The molecule has 4 nitrogen and oxygen atoms in total. The number of benzene rings is 2. The standard InChI is InChI=1S/C19H21N3O/c1-2-3-13-20-18-19(23)22(14-15-9-5-4-6-10-15)17-12-8-7-11-16(17)21-18/h4-12H,2-3,13-14H2,1H3,(H,20,21). The summed E-state index contributed by atoms with van der Waals surface area (Å²) in [6.07, 6.45) is 2.10. The first-order valence-electron chi connectivity index (χ1n) is 8.07. The summed E-state index contributed by atoms with van der Waals surface area (Å²) in [5.41, 5.74) is 2.73. The SMILES string of the molecule is CCCCNc1nc2ccccc2n(Cc2ccccc2)c1=O. The van der Waals surface area contributed by atoms with E-state index in [1.807, 2.05) is 54.6 Å². The molecular weight excluding hydrogens is 286 g/mol. The van der Waals surface area contributed by atoms with Gasteiger partial charge in [0.1, 0.15) is 0 Å². The molecule has 1 N–H and O–H groups in total. The molecule has 1 heterocycles. The van der Waals surface area contributed by atoms with Gasteiger partial charge < -0.3 is 5.32 Å². The molecule has 0 saturated heterocycles. The van der Waals surface area contributed by atoms with Gasteiger partial charge in [-0.2, -0.15) is 0 Å². The molecule has 0 bridgehead atoms. The molecule has 1 aromatic heterocycles. The molecule has 0 fully saturated rings. The summed E-state index contributed by atoms with van der Waals surface area (Å²) < 4.78 is 1.80. The van der Waals surface area contributed by atoms with Crippen LogP contribution in [0.4, 0.5) is 5.82 Å². The highest BCUT2D eigenvalue weighted by Crippen LogP contribution is 2.14. The molecule has 0 amide bonds. The van der Waals surface area contributed by atoms with Crippen LogP contribution in [0.5, 0.6) is 0 Å². The Morgan fingerprint density at radius 1 is 1.04 bits per heavy atom. The van der Waals surface area contributed by atoms with E-state index in [1.54, 1.807) is 4.57 Å². The van der Waals surface area contributed by atoms with Crippen molar-refractivity contribution in [3.05, 3.63) is 70.5 Å². The number of aromatic nitrogens is 2. The molecule has 3 aromatic rings. The van der Waals surface area contributed by atoms with E-state index in [0.717, 1.165) is 36.0 Å². The molecular formula is C19H21N3O. The van der Waals surface area contributed by atoms with E-state index in [2.05, 4.69) is 17.2 Å². The quantitative estimate of drug-likeness (QED) is 0.707. The maximum atomic E-state index is 12.8. The average Bonchev–Trinajstić information content (AvgIpc) is 2.59. The summed E-state index contributed by atoms with van der Waals surface area (Å²) in [6, 6.07) is 17.8. The molecule has 2 aromatic carbocycles. The van der Waals surface area contributed by atoms with Crippen LogP contribution in [0, 0.1) is 0 Å². The van der Waals surface area contributed by atoms with Crippen LogP contribution in [0.1, 0.15) is 25.3 Å². The highest BCUT2D eigenvalue weighted by atomic mass is 16.1. The Bertz CT molecular complexity index is 840. The first-order chi connectivity index (χ1) is 11.3. The second kappa shape index (κ2) is 7.09. The minimum Gasteiger partial charge on any atom is -0.365 e. The lowest BCUT2D eigenvalue weighted by Crippen LogP contribution is -2.26. The second-order valence-corrected chi connectivity index (χ2v) is 5.61. The van der Waals surface area contributed by atoms with Gasteiger partial charge in [0, 0.05) is 6.54 Å². The number of hydrogen-bond donors (Lipinski definition) is 1. The first kappa shape index (κ1) is 15.3. The van der Waals surface area contributed by atoms with Gasteiger partial charge in [-0.1, -0.05) is 55.8 Å². The number of hydrogen-bond acceptors (Lipinski definition) is 3. The highest BCUT2D eigenvalue weighted by molar-refractivity contribution is 5.76. The lowest BCUT2D eigenvalue weighted by Gasteiger charge is -2.13. The number of unbranched alkanes of at least 4 members (excludes halogenated alkanes) is 1. The molecule has 4 heteroatoms. The number of anilines is 1. The normalized spacial score (nSPS) is 10.8. The number of nitrogens with zero attached hydrogens (tertiary/aromatic N) is 2. The molecule has 0 aliphatic rings. The summed E-state index contributed by atoms with van der Waals surface area (Å²) in [7, 11) is 0. The molecule has 0 atom stereocenters. The van der Waals surface area contributed by atoms with Crippen LogP contribution < -0.4 is 10.9 Å². The van der Waals surface area contributed by atoms with Crippen LogP contribution in [-0.2, 0) is 6.54 Å². The average molecular weight is 307 g/mol. The fraction of sp³-hybridized carbons (Fsp3) is 0.263. The van der Waals surface area contributed by atoms with E-state index in [4.69, 9.17) is 0 Å². The third kappa shape index (κ3) is 3.42. The lowest BCUT2D eigenvalue weighted by atomic mass is 10.2. The number of fused-ring (bicyclic) bond motifs is 1. The number of nitrogens with one attached hydrogen (secondary N) is 1. The topological polar surface area (TPSA) is 46.9 Å². The first-order valence-corrected chi connectivity index (χ1v) is 8.07. The fourth-order valence-corrected chi connectivity index (χ4v) is 2.61. The van der Waals surface area contributed by atoms with Gasteiger partial charge in [0.15, 0.2) is 5.82 Å². The van der Waals surface area contributed by atoms with Crippen molar-refractivity contribution in [2.45, 2.75) is 26.3 Å². The third-order valence-electron chi connectivity index (χ3n) is 3.86. The summed E-state index contributed by atoms with van der Waals surface area (Å²) in [4.78, 5) is 17.3. The minimum absolute atomic E-state index is 0.0661. The van der Waals surface area contributed by atoms with E-state index in [-0.39, 0.29) is 5.56 Å². The maximum Gasteiger partial charge on any atom is 0.294 e. The minimum atomic E-state index is -0.0661. The van der Waals surface area contributed by atoms with Crippen molar-refractivity contribution < 1.29 is 0 Å². The molecule has 3 rings (SSSR count). The maximum absolute atomic E-state index is 12.8. The highest BCUT2D eigenvalue weighted by Gasteiger charge is 2.10. The molecule has 0 radical (unpaired) electrons. The van der Waals surface area contributed by atoms with Gasteiger partial charge in [-0.05, 0) is 24.1 Å². The predicted molar refractivity (Wildman–Crippen MR) is 94.9 cm³/mol. The molecule has 0 unspecified atom stereocenters. The van der Waals surface area contributed by atoms with E-state index in [0.29, 0.717) is 12.4 Å². The van der Waals surface area contributed by atoms with Crippen molar-refractivity contribution in [2.24, 2.45) is 0 Å². The van der Waals surface area contributed by atoms with Crippen molar-refractivity contribution >= 4 is 16.9 Å². The molecule has 0 saturated carbocycles. The fourth-order valence-electron chi connectivity index (χ4n) is 2.61. The Labute approximate surface area is 135 Å². The van der Waals surface area contributed by atoms with Crippen molar-refractivity contribution in [3.63, 3.8) is 0 Å². The Morgan fingerprint density at radius 3 is 2.57 bits per heavy atom. The number of para-hydroxylation sites is 2. The van der Waals surface area contributed by atoms with Gasteiger partial charge in [-0.3, -0.25) is 9.36 Å². The number of rotatable bonds is 6. The summed E-state index contributed by atoms with van der Waals surface area (Å²) in [6.45, 7) is 3.44. The van der Waals surface area contributed by atoms with Crippen molar-refractivity contribution in [1.82, 2.24) is 9.55 Å². The van der Waals surface area contributed by atoms with Gasteiger partial charge in [0.05, 0.1) is 17.6 Å². The Hall–Kier alpha value is -2.62.